The third-order valence-corrected chi connectivity index (χ3v) is 4.94. The molecule has 0 atom stereocenters. The summed E-state index contributed by atoms with van der Waals surface area (Å²) in [5, 5.41) is 12.3. The molecule has 3 aromatic carbocycles. The fourth-order valence-corrected chi connectivity index (χ4v) is 3.51. The van der Waals surface area contributed by atoms with E-state index in [1.807, 2.05) is 48.5 Å². The van der Waals surface area contributed by atoms with E-state index in [0.717, 1.165) is 20.1 Å². The monoisotopic (exact) mass is 547 g/mol. The quantitative estimate of drug-likeness (QED) is 0.256. The summed E-state index contributed by atoms with van der Waals surface area (Å²) in [5.74, 6) is 0.0825. The Bertz CT molecular complexity index is 1000. The molecule has 31 heavy (non-hydrogen) atoms. The average Bonchev–Trinajstić information content (AvgIpc) is 2.74. The number of carboxylic acid groups (broad SMARTS) is 1. The molecule has 0 aliphatic rings. The van der Waals surface area contributed by atoms with Gasteiger partial charge in [0.2, 0.25) is 6.61 Å². The Labute approximate surface area is 196 Å². The largest absolute Gasteiger partial charge is 0.489 e. The lowest BCUT2D eigenvalue weighted by molar-refractivity contribution is -0.142. The summed E-state index contributed by atoms with van der Waals surface area (Å²) < 4.78 is 13.8. The van der Waals surface area contributed by atoms with Crippen molar-refractivity contribution in [3.8, 4) is 11.5 Å². The first kappa shape index (κ1) is 22.8. The molecule has 0 radical (unpaired) electrons. The molecule has 8 heteroatoms. The van der Waals surface area contributed by atoms with Crippen molar-refractivity contribution in [1.82, 2.24) is 0 Å². The summed E-state index contributed by atoms with van der Waals surface area (Å²) in [6.07, 6.45) is 1.42. The van der Waals surface area contributed by atoms with Crippen molar-refractivity contribution >= 4 is 44.0 Å². The van der Waals surface area contributed by atoms with E-state index in [1.54, 1.807) is 18.2 Å². The third-order valence-electron chi connectivity index (χ3n) is 3.96. The first-order chi connectivity index (χ1) is 15.0. The number of aliphatic carboxylic acids is 1. The predicted octanol–water partition coefficient (Wildman–Crippen LogP) is 5.80. The van der Waals surface area contributed by atoms with E-state index in [4.69, 9.17) is 19.4 Å². The first-order valence-corrected chi connectivity index (χ1v) is 10.8. The number of rotatable bonds is 10. The summed E-state index contributed by atoms with van der Waals surface area (Å²) >= 11 is 6.91. The van der Waals surface area contributed by atoms with Crippen LogP contribution in [0, 0.1) is 0 Å². The summed E-state index contributed by atoms with van der Waals surface area (Å²) in [7, 11) is 0. The summed E-state index contributed by atoms with van der Waals surface area (Å²) in [5.41, 5.74) is 2.67. The van der Waals surface area contributed by atoms with E-state index in [9.17, 15) is 4.79 Å². The van der Waals surface area contributed by atoms with Gasteiger partial charge < -0.3 is 19.4 Å². The Morgan fingerprint density at radius 2 is 1.42 bits per heavy atom. The Balaban J connectivity index is 1.74. The van der Waals surface area contributed by atoms with Gasteiger partial charge >= 0.3 is 5.97 Å². The lowest BCUT2D eigenvalue weighted by Crippen LogP contribution is -2.03. The highest BCUT2D eigenvalue weighted by molar-refractivity contribution is 9.10. The van der Waals surface area contributed by atoms with Crippen LogP contribution in [0.2, 0.25) is 0 Å². The van der Waals surface area contributed by atoms with Crippen molar-refractivity contribution in [3.63, 3.8) is 0 Å². The van der Waals surface area contributed by atoms with E-state index in [2.05, 4.69) is 37.0 Å². The van der Waals surface area contributed by atoms with Crippen LogP contribution in [-0.4, -0.2) is 23.9 Å². The first-order valence-electron chi connectivity index (χ1n) is 9.24. The molecule has 0 spiro atoms. The fraction of sp³-hybridized carbons (Fsp3) is 0.130. The lowest BCUT2D eigenvalue weighted by atomic mass is 10.2. The molecule has 0 aromatic heterocycles. The zero-order valence-electron chi connectivity index (χ0n) is 16.3. The number of carbonyl (C=O) groups is 1. The van der Waals surface area contributed by atoms with Gasteiger partial charge in [-0.05, 0) is 47.5 Å². The molecule has 0 bridgehead atoms. The van der Waals surface area contributed by atoms with Gasteiger partial charge in [0.1, 0.15) is 24.7 Å². The van der Waals surface area contributed by atoms with E-state index in [1.165, 1.54) is 6.21 Å². The molecule has 3 rings (SSSR count). The smallest absolute Gasteiger partial charge is 0.344 e. The maximum atomic E-state index is 10.6. The minimum absolute atomic E-state index is 0.376. The van der Waals surface area contributed by atoms with E-state index in [-0.39, 0.29) is 0 Å². The Kier molecular flexibility index (Phi) is 8.49. The van der Waals surface area contributed by atoms with Crippen LogP contribution >= 0.6 is 31.9 Å². The van der Waals surface area contributed by atoms with Gasteiger partial charge in [-0.2, -0.15) is 0 Å². The Morgan fingerprint density at radius 1 is 0.871 bits per heavy atom. The van der Waals surface area contributed by atoms with Crippen LogP contribution in [0.3, 0.4) is 0 Å². The number of oxime groups is 1. The predicted molar refractivity (Wildman–Crippen MR) is 125 cm³/mol. The molecule has 0 amide bonds. The zero-order valence-corrected chi connectivity index (χ0v) is 19.5. The maximum absolute atomic E-state index is 10.6. The number of halogens is 2. The van der Waals surface area contributed by atoms with Gasteiger partial charge in [0.05, 0.1) is 6.21 Å². The Hall–Kier alpha value is -2.84. The van der Waals surface area contributed by atoms with Crippen molar-refractivity contribution in [2.45, 2.75) is 13.2 Å². The molecule has 0 saturated heterocycles. The lowest BCUT2D eigenvalue weighted by Gasteiger charge is -2.12. The van der Waals surface area contributed by atoms with Gasteiger partial charge in [0.25, 0.3) is 0 Å². The highest BCUT2D eigenvalue weighted by Gasteiger charge is 2.05. The fourth-order valence-electron chi connectivity index (χ4n) is 2.61. The molecular weight excluding hydrogens is 530 g/mol. The normalized spacial score (nSPS) is 10.8. The van der Waals surface area contributed by atoms with Crippen LogP contribution < -0.4 is 9.47 Å². The van der Waals surface area contributed by atoms with Crippen LogP contribution in [0.25, 0.3) is 0 Å². The molecule has 0 aliphatic carbocycles. The van der Waals surface area contributed by atoms with Gasteiger partial charge in [-0.3, -0.25) is 0 Å². The minimum Gasteiger partial charge on any atom is -0.489 e. The van der Waals surface area contributed by atoms with Crippen LogP contribution in [-0.2, 0) is 22.8 Å². The summed E-state index contributed by atoms with van der Waals surface area (Å²) in [4.78, 5) is 15.3. The average molecular weight is 549 g/mol. The number of hydrogen-bond donors (Lipinski definition) is 1. The van der Waals surface area contributed by atoms with Gasteiger partial charge in [0, 0.05) is 20.6 Å². The standard InChI is InChI=1S/C23H19Br2NO5/c24-19-5-1-3-16(7-19)13-29-21-9-18(12-26-31-15-23(27)28)10-22(11-21)30-14-17-4-2-6-20(25)8-17/h1-12H,13-15H2,(H,27,28)/b26-12-. The zero-order chi connectivity index (χ0) is 22.1. The van der Waals surface area contributed by atoms with Gasteiger partial charge in [0.15, 0.2) is 0 Å². The number of carboxylic acids is 1. The molecule has 0 heterocycles. The molecule has 1 N–H and O–H groups in total. The second-order valence-electron chi connectivity index (χ2n) is 6.48. The highest BCUT2D eigenvalue weighted by atomic mass is 79.9. The second kappa shape index (κ2) is 11.5. The number of ether oxygens (including phenoxy) is 2. The molecule has 0 unspecified atom stereocenters. The van der Waals surface area contributed by atoms with E-state index < -0.39 is 12.6 Å². The van der Waals surface area contributed by atoms with Crippen molar-refractivity contribution in [2.75, 3.05) is 6.61 Å². The minimum atomic E-state index is -1.10. The Morgan fingerprint density at radius 3 is 1.90 bits per heavy atom. The maximum Gasteiger partial charge on any atom is 0.344 e. The van der Waals surface area contributed by atoms with E-state index in [0.29, 0.717) is 30.3 Å². The van der Waals surface area contributed by atoms with Crippen LogP contribution in [0.4, 0.5) is 0 Å². The molecule has 3 aromatic rings. The van der Waals surface area contributed by atoms with Crippen molar-refractivity contribution in [2.24, 2.45) is 5.16 Å². The molecule has 0 fully saturated rings. The van der Waals surface area contributed by atoms with Gasteiger partial charge in [-0.1, -0.05) is 61.3 Å². The van der Waals surface area contributed by atoms with Crippen LogP contribution in [0.1, 0.15) is 16.7 Å². The summed E-state index contributed by atoms with van der Waals surface area (Å²) in [6.45, 7) is 0.239. The highest BCUT2D eigenvalue weighted by Crippen LogP contribution is 2.25. The van der Waals surface area contributed by atoms with E-state index >= 15 is 0 Å². The van der Waals surface area contributed by atoms with Crippen molar-refractivity contribution < 1.29 is 24.2 Å². The topological polar surface area (TPSA) is 77.4 Å². The molecular formula is C23H19Br2NO5. The molecule has 160 valence electrons. The van der Waals surface area contributed by atoms with Crippen molar-refractivity contribution in [1.29, 1.82) is 0 Å². The molecule has 0 saturated carbocycles. The number of benzene rings is 3. The second-order valence-corrected chi connectivity index (χ2v) is 8.31. The molecule has 6 nitrogen and oxygen atoms in total. The van der Waals surface area contributed by atoms with Crippen molar-refractivity contribution in [3.05, 3.63) is 92.4 Å². The van der Waals surface area contributed by atoms with Gasteiger partial charge in [-0.25, -0.2) is 4.79 Å². The SMILES string of the molecule is O=C(O)CO/N=C\c1cc(OCc2cccc(Br)c2)cc(OCc2cccc(Br)c2)c1. The number of hydrogen-bond acceptors (Lipinski definition) is 5. The number of nitrogens with zero attached hydrogens (tertiary/aromatic N) is 1. The van der Waals surface area contributed by atoms with Crippen LogP contribution in [0.5, 0.6) is 11.5 Å². The molecule has 0 aliphatic heterocycles. The summed E-state index contributed by atoms with van der Waals surface area (Å²) in [6, 6.07) is 21.0. The van der Waals surface area contributed by atoms with Crippen LogP contribution in [0.15, 0.2) is 80.8 Å². The third kappa shape index (κ3) is 8.07. The van der Waals surface area contributed by atoms with Gasteiger partial charge in [-0.15, -0.1) is 0 Å².